The summed E-state index contributed by atoms with van der Waals surface area (Å²) in [5.41, 5.74) is 2.89. The molecule has 1 aliphatic heterocycles. The van der Waals surface area contributed by atoms with E-state index < -0.39 is 18.0 Å². The van der Waals surface area contributed by atoms with Crippen molar-refractivity contribution in [2.75, 3.05) is 13.1 Å². The molecule has 7 heteroatoms. The summed E-state index contributed by atoms with van der Waals surface area (Å²) < 4.78 is 19.5. The minimum atomic E-state index is -0.929. The molecule has 2 amide bonds. The number of rotatable bonds is 6. The number of aromatic nitrogens is 1. The topological polar surface area (TPSA) is 71.5 Å². The first-order chi connectivity index (χ1) is 15.5. The van der Waals surface area contributed by atoms with Crippen molar-refractivity contribution in [2.45, 2.75) is 25.5 Å². The lowest BCUT2D eigenvalue weighted by atomic mass is 9.98. The van der Waals surface area contributed by atoms with Gasteiger partial charge in [0.2, 0.25) is 5.91 Å². The van der Waals surface area contributed by atoms with Gasteiger partial charge in [-0.25, -0.2) is 4.39 Å². The van der Waals surface area contributed by atoms with Gasteiger partial charge in [-0.15, -0.1) is 0 Å². The van der Waals surface area contributed by atoms with Gasteiger partial charge in [0.05, 0.1) is 0 Å². The average molecular weight is 433 g/mol. The van der Waals surface area contributed by atoms with Crippen molar-refractivity contribution in [2.24, 2.45) is 0 Å². The Labute approximate surface area is 186 Å². The van der Waals surface area contributed by atoms with Crippen molar-refractivity contribution in [1.82, 2.24) is 15.2 Å². The number of nitrogens with zero attached hydrogens (tertiary/aromatic N) is 2. The van der Waals surface area contributed by atoms with Crippen molar-refractivity contribution in [3.63, 3.8) is 0 Å². The molecule has 2 atom stereocenters. The fourth-order valence-electron chi connectivity index (χ4n) is 3.83. The third kappa shape index (κ3) is 4.77. The van der Waals surface area contributed by atoms with Crippen molar-refractivity contribution >= 4 is 11.8 Å². The molecule has 1 aromatic heterocycles. The van der Waals surface area contributed by atoms with Gasteiger partial charge in [0.15, 0.2) is 17.7 Å². The molecule has 2 heterocycles. The number of pyridine rings is 1. The van der Waals surface area contributed by atoms with Crippen LogP contribution in [0.5, 0.6) is 5.75 Å². The molecule has 1 saturated heterocycles. The maximum atomic E-state index is 13.9. The normalized spacial score (nSPS) is 16.9. The van der Waals surface area contributed by atoms with Crippen molar-refractivity contribution in [3.8, 4) is 16.9 Å². The second-order valence-corrected chi connectivity index (χ2v) is 7.68. The van der Waals surface area contributed by atoms with Crippen LogP contribution in [0, 0.1) is 5.82 Å². The number of nitrogens with one attached hydrogen (secondary N) is 1. The number of halogens is 1. The molecule has 6 nitrogen and oxygen atoms in total. The number of piperazine rings is 1. The molecular weight excluding hydrogens is 409 g/mol. The Hall–Kier alpha value is -3.74. The summed E-state index contributed by atoms with van der Waals surface area (Å²) in [5, 5.41) is 2.84. The van der Waals surface area contributed by atoms with E-state index in [2.05, 4.69) is 10.3 Å². The number of benzene rings is 2. The monoisotopic (exact) mass is 433 g/mol. The minimum absolute atomic E-state index is 0.00975. The Kier molecular flexibility index (Phi) is 6.44. The zero-order chi connectivity index (χ0) is 22.5. The van der Waals surface area contributed by atoms with Gasteiger partial charge in [-0.1, -0.05) is 42.5 Å². The number of carbonyl (C=O) groups is 2. The van der Waals surface area contributed by atoms with E-state index in [-0.39, 0.29) is 17.6 Å². The summed E-state index contributed by atoms with van der Waals surface area (Å²) in [7, 11) is 0. The number of para-hydroxylation sites is 1. The zero-order valence-corrected chi connectivity index (χ0v) is 17.7. The Bertz CT molecular complexity index is 1110. The van der Waals surface area contributed by atoms with Gasteiger partial charge in [-0.2, -0.15) is 0 Å². The number of hydrogen-bond acceptors (Lipinski definition) is 4. The van der Waals surface area contributed by atoms with Crippen LogP contribution < -0.4 is 10.1 Å². The molecular formula is C25H24FN3O3. The van der Waals surface area contributed by atoms with Gasteiger partial charge in [-0.3, -0.25) is 14.6 Å². The van der Waals surface area contributed by atoms with E-state index in [1.807, 2.05) is 36.4 Å². The van der Waals surface area contributed by atoms with Gasteiger partial charge < -0.3 is 15.0 Å². The fourth-order valence-corrected chi connectivity index (χ4v) is 3.83. The van der Waals surface area contributed by atoms with Crippen LogP contribution in [0.1, 0.15) is 12.5 Å². The maximum absolute atomic E-state index is 13.9. The van der Waals surface area contributed by atoms with Crippen LogP contribution in [-0.4, -0.2) is 46.9 Å². The summed E-state index contributed by atoms with van der Waals surface area (Å²) in [4.78, 5) is 31.5. The molecule has 1 N–H and O–H groups in total. The summed E-state index contributed by atoms with van der Waals surface area (Å²) in [6.45, 7) is 2.30. The molecule has 3 aromatic rings. The third-order valence-corrected chi connectivity index (χ3v) is 5.45. The second-order valence-electron chi connectivity index (χ2n) is 7.68. The molecule has 0 saturated carbocycles. The summed E-state index contributed by atoms with van der Waals surface area (Å²) in [5.74, 6) is -1.09. The number of amides is 2. The third-order valence-electron chi connectivity index (χ3n) is 5.45. The van der Waals surface area contributed by atoms with Crippen molar-refractivity contribution in [3.05, 3.63) is 84.4 Å². The van der Waals surface area contributed by atoms with Gasteiger partial charge in [0.1, 0.15) is 6.04 Å². The second kappa shape index (κ2) is 9.60. The first-order valence-electron chi connectivity index (χ1n) is 10.5. The van der Waals surface area contributed by atoms with Gasteiger partial charge in [0, 0.05) is 31.9 Å². The zero-order valence-electron chi connectivity index (χ0n) is 17.7. The lowest BCUT2D eigenvalue weighted by Gasteiger charge is -2.36. The molecule has 32 heavy (non-hydrogen) atoms. The molecule has 0 bridgehead atoms. The lowest BCUT2D eigenvalue weighted by Crippen LogP contribution is -2.60. The SMILES string of the molecule is C[C@@H](Oc1ccccc1F)C(=O)N1CCNC(=O)[C@@H]1Cc1cccc(-c2cccnc2)c1. The highest BCUT2D eigenvalue weighted by Gasteiger charge is 2.36. The van der Waals surface area contributed by atoms with Crippen LogP contribution in [0.4, 0.5) is 4.39 Å². The van der Waals surface area contributed by atoms with E-state index in [1.54, 1.807) is 31.5 Å². The molecule has 0 spiro atoms. The van der Waals surface area contributed by atoms with Gasteiger partial charge >= 0.3 is 0 Å². The first kappa shape index (κ1) is 21.5. The van der Waals surface area contributed by atoms with Crippen LogP contribution in [0.25, 0.3) is 11.1 Å². The highest BCUT2D eigenvalue weighted by atomic mass is 19.1. The van der Waals surface area contributed by atoms with Crippen molar-refractivity contribution in [1.29, 1.82) is 0 Å². The minimum Gasteiger partial charge on any atom is -0.478 e. The van der Waals surface area contributed by atoms with E-state index >= 15 is 0 Å². The molecule has 0 aliphatic carbocycles. The summed E-state index contributed by atoms with van der Waals surface area (Å²) in [6.07, 6.45) is 2.93. The van der Waals surface area contributed by atoms with Crippen LogP contribution in [0.15, 0.2) is 73.1 Å². The van der Waals surface area contributed by atoms with E-state index in [4.69, 9.17) is 4.74 Å². The van der Waals surface area contributed by atoms with Gasteiger partial charge in [0.25, 0.3) is 5.91 Å². The average Bonchev–Trinajstić information content (AvgIpc) is 2.82. The molecule has 4 rings (SSSR count). The van der Waals surface area contributed by atoms with E-state index in [1.165, 1.54) is 17.0 Å². The van der Waals surface area contributed by atoms with E-state index in [0.29, 0.717) is 19.5 Å². The molecule has 2 aromatic carbocycles. The Balaban J connectivity index is 1.52. The number of carbonyl (C=O) groups excluding carboxylic acids is 2. The Morgan fingerprint density at radius 1 is 1.19 bits per heavy atom. The summed E-state index contributed by atoms with van der Waals surface area (Å²) >= 11 is 0. The fraction of sp³-hybridized carbons (Fsp3) is 0.240. The number of ether oxygens (including phenoxy) is 1. The Morgan fingerprint density at radius 3 is 2.78 bits per heavy atom. The predicted molar refractivity (Wildman–Crippen MR) is 118 cm³/mol. The standard InChI is InChI=1S/C25H24FN3O3/c1-17(32-23-10-3-2-9-21(23)26)25(31)29-13-12-28-24(30)22(29)15-18-6-4-7-19(14-18)20-8-5-11-27-16-20/h2-11,14,16-17,22H,12-13,15H2,1H3,(H,28,30)/t17-,22+/m1/s1. The lowest BCUT2D eigenvalue weighted by molar-refractivity contribution is -0.148. The quantitative estimate of drug-likeness (QED) is 0.648. The van der Waals surface area contributed by atoms with Crippen LogP contribution in [0.2, 0.25) is 0 Å². The van der Waals surface area contributed by atoms with E-state index in [9.17, 15) is 14.0 Å². The maximum Gasteiger partial charge on any atom is 0.264 e. The van der Waals surface area contributed by atoms with Crippen molar-refractivity contribution < 1.29 is 18.7 Å². The molecule has 1 aliphatic rings. The summed E-state index contributed by atoms with van der Waals surface area (Å²) in [6, 6.07) is 17.0. The molecule has 164 valence electrons. The first-order valence-corrected chi connectivity index (χ1v) is 10.5. The Morgan fingerprint density at radius 2 is 2.00 bits per heavy atom. The predicted octanol–water partition coefficient (Wildman–Crippen LogP) is 3.22. The highest BCUT2D eigenvalue weighted by molar-refractivity contribution is 5.90. The highest BCUT2D eigenvalue weighted by Crippen LogP contribution is 2.23. The molecule has 0 radical (unpaired) electrons. The van der Waals surface area contributed by atoms with Crippen LogP contribution in [0.3, 0.4) is 0 Å². The van der Waals surface area contributed by atoms with E-state index in [0.717, 1.165) is 16.7 Å². The van der Waals surface area contributed by atoms with Gasteiger partial charge in [-0.05, 0) is 41.8 Å². The largest absolute Gasteiger partial charge is 0.478 e. The molecule has 0 unspecified atom stereocenters. The smallest absolute Gasteiger partial charge is 0.264 e. The molecule has 1 fully saturated rings. The number of hydrogen-bond donors (Lipinski definition) is 1. The van der Waals surface area contributed by atoms with Crippen LogP contribution in [-0.2, 0) is 16.0 Å². The van der Waals surface area contributed by atoms with Crippen LogP contribution >= 0.6 is 0 Å².